The van der Waals surface area contributed by atoms with Crippen molar-refractivity contribution in [1.82, 2.24) is 0 Å². The lowest BCUT2D eigenvalue weighted by molar-refractivity contribution is -0.903. The van der Waals surface area contributed by atoms with Gasteiger partial charge in [-0.15, -0.1) is 0 Å². The van der Waals surface area contributed by atoms with Crippen LogP contribution in [-0.4, -0.2) is 50.1 Å². The topological polar surface area (TPSA) is 29.5 Å². The minimum Gasteiger partial charge on any atom is -0.394 e. The molecule has 1 N–H and O–H groups in total. The van der Waals surface area contributed by atoms with Crippen LogP contribution in [0.2, 0.25) is 0 Å². The Kier molecular flexibility index (Phi) is 6.19. The van der Waals surface area contributed by atoms with E-state index in [1.54, 1.807) is 0 Å². The van der Waals surface area contributed by atoms with Crippen molar-refractivity contribution in [3.05, 3.63) is 35.9 Å². The molecule has 0 bridgehead atoms. The molecule has 0 aliphatic heterocycles. The Balaban J connectivity index is 2.26. The van der Waals surface area contributed by atoms with Crippen molar-refractivity contribution < 1.29 is 14.3 Å². The number of aliphatic hydroxyl groups is 1. The van der Waals surface area contributed by atoms with Gasteiger partial charge < -0.3 is 14.3 Å². The molecule has 1 aromatic carbocycles. The minimum atomic E-state index is 0.113. The summed E-state index contributed by atoms with van der Waals surface area (Å²) in [5, 5.41) is 8.59. The number of hydrogen-bond donors (Lipinski definition) is 1. The van der Waals surface area contributed by atoms with Gasteiger partial charge in [-0.1, -0.05) is 30.3 Å². The fraction of sp³-hybridized carbons (Fsp3) is 0.571. The highest BCUT2D eigenvalue weighted by Gasteiger charge is 2.14. The SMILES string of the molecule is C[N+](C)(CCCOCCO)Cc1ccccc1. The molecule has 0 aromatic heterocycles. The summed E-state index contributed by atoms with van der Waals surface area (Å²) >= 11 is 0. The van der Waals surface area contributed by atoms with E-state index in [1.807, 2.05) is 6.07 Å². The van der Waals surface area contributed by atoms with Crippen LogP contribution in [0.5, 0.6) is 0 Å². The average Bonchev–Trinajstić information content (AvgIpc) is 2.29. The van der Waals surface area contributed by atoms with E-state index < -0.39 is 0 Å². The first-order valence-corrected chi connectivity index (χ1v) is 6.18. The Hall–Kier alpha value is -0.900. The maximum Gasteiger partial charge on any atom is 0.104 e. The Labute approximate surface area is 104 Å². The van der Waals surface area contributed by atoms with Gasteiger partial charge in [0.15, 0.2) is 0 Å². The third kappa shape index (κ3) is 6.41. The molecule has 0 amide bonds. The van der Waals surface area contributed by atoms with E-state index in [0.29, 0.717) is 6.61 Å². The molecule has 3 nitrogen and oxygen atoms in total. The Morgan fingerprint density at radius 1 is 1.12 bits per heavy atom. The van der Waals surface area contributed by atoms with Crippen LogP contribution in [0.1, 0.15) is 12.0 Å². The van der Waals surface area contributed by atoms with Crippen LogP contribution >= 0.6 is 0 Å². The Bertz CT molecular complexity index is 298. The van der Waals surface area contributed by atoms with Gasteiger partial charge >= 0.3 is 0 Å². The van der Waals surface area contributed by atoms with Gasteiger partial charge in [-0.25, -0.2) is 0 Å². The maximum absolute atomic E-state index is 8.59. The fourth-order valence-electron chi connectivity index (χ4n) is 1.92. The molecule has 96 valence electrons. The summed E-state index contributed by atoms with van der Waals surface area (Å²) in [7, 11) is 4.47. The first-order chi connectivity index (χ1) is 8.14. The predicted octanol–water partition coefficient (Wildman–Crippen LogP) is 1.66. The van der Waals surface area contributed by atoms with Crippen LogP contribution in [-0.2, 0) is 11.3 Å². The van der Waals surface area contributed by atoms with Gasteiger partial charge in [-0.2, -0.15) is 0 Å². The third-order valence-corrected chi connectivity index (χ3v) is 2.74. The van der Waals surface area contributed by atoms with E-state index in [2.05, 4.69) is 38.4 Å². The molecule has 0 spiro atoms. The molecule has 0 saturated carbocycles. The van der Waals surface area contributed by atoms with E-state index in [0.717, 1.165) is 30.6 Å². The smallest absolute Gasteiger partial charge is 0.104 e. The quantitative estimate of drug-likeness (QED) is 0.551. The number of nitrogens with zero attached hydrogens (tertiary/aromatic N) is 1. The fourth-order valence-corrected chi connectivity index (χ4v) is 1.92. The van der Waals surface area contributed by atoms with Crippen LogP contribution in [0.25, 0.3) is 0 Å². The molecule has 1 rings (SSSR count). The zero-order valence-electron chi connectivity index (χ0n) is 10.9. The molecule has 0 aliphatic carbocycles. The molecule has 0 saturated heterocycles. The number of benzene rings is 1. The average molecular weight is 238 g/mol. The molecule has 0 radical (unpaired) electrons. The summed E-state index contributed by atoms with van der Waals surface area (Å²) < 4.78 is 6.23. The zero-order chi connectivity index (χ0) is 12.6. The number of ether oxygens (including phenoxy) is 1. The second kappa shape index (κ2) is 7.43. The van der Waals surface area contributed by atoms with E-state index in [1.165, 1.54) is 5.56 Å². The molecule has 0 unspecified atom stereocenters. The highest BCUT2D eigenvalue weighted by atomic mass is 16.5. The van der Waals surface area contributed by atoms with Crippen LogP contribution in [0.3, 0.4) is 0 Å². The highest BCUT2D eigenvalue weighted by Crippen LogP contribution is 2.09. The van der Waals surface area contributed by atoms with Gasteiger partial charge in [0.25, 0.3) is 0 Å². The third-order valence-electron chi connectivity index (χ3n) is 2.74. The molecular weight excluding hydrogens is 214 g/mol. The van der Waals surface area contributed by atoms with E-state index in [-0.39, 0.29) is 6.61 Å². The summed E-state index contributed by atoms with van der Waals surface area (Å²) in [5.41, 5.74) is 1.37. The van der Waals surface area contributed by atoms with Crippen LogP contribution in [0.15, 0.2) is 30.3 Å². The predicted molar refractivity (Wildman–Crippen MR) is 69.6 cm³/mol. The lowest BCUT2D eigenvalue weighted by atomic mass is 10.2. The number of quaternary nitrogens is 1. The molecule has 0 fully saturated rings. The monoisotopic (exact) mass is 238 g/mol. The Morgan fingerprint density at radius 2 is 1.82 bits per heavy atom. The van der Waals surface area contributed by atoms with Gasteiger partial charge in [0, 0.05) is 12.0 Å². The molecule has 17 heavy (non-hydrogen) atoms. The van der Waals surface area contributed by atoms with Gasteiger partial charge in [0.1, 0.15) is 6.54 Å². The first kappa shape index (κ1) is 14.2. The molecule has 0 heterocycles. The molecule has 1 aromatic rings. The van der Waals surface area contributed by atoms with Crippen molar-refractivity contribution in [3.63, 3.8) is 0 Å². The zero-order valence-corrected chi connectivity index (χ0v) is 10.9. The van der Waals surface area contributed by atoms with Crippen molar-refractivity contribution >= 4 is 0 Å². The van der Waals surface area contributed by atoms with E-state index in [9.17, 15) is 0 Å². The summed E-state index contributed by atoms with van der Waals surface area (Å²) in [4.78, 5) is 0. The molecule has 0 aliphatic rings. The minimum absolute atomic E-state index is 0.113. The molecular formula is C14H24NO2+. The number of aliphatic hydroxyl groups excluding tert-OH is 1. The number of hydrogen-bond acceptors (Lipinski definition) is 2. The first-order valence-electron chi connectivity index (χ1n) is 6.18. The van der Waals surface area contributed by atoms with Crippen molar-refractivity contribution in [1.29, 1.82) is 0 Å². The van der Waals surface area contributed by atoms with Gasteiger partial charge in [0.2, 0.25) is 0 Å². The summed E-state index contributed by atoms with van der Waals surface area (Å²) in [6.45, 7) is 3.42. The van der Waals surface area contributed by atoms with Crippen molar-refractivity contribution in [3.8, 4) is 0 Å². The van der Waals surface area contributed by atoms with Crippen molar-refractivity contribution in [2.45, 2.75) is 13.0 Å². The molecule has 3 heteroatoms. The van der Waals surface area contributed by atoms with Crippen molar-refractivity contribution in [2.75, 3.05) is 40.5 Å². The summed E-state index contributed by atoms with van der Waals surface area (Å²) in [6.07, 6.45) is 1.03. The lowest BCUT2D eigenvalue weighted by Crippen LogP contribution is -2.40. The van der Waals surface area contributed by atoms with E-state index in [4.69, 9.17) is 9.84 Å². The van der Waals surface area contributed by atoms with Gasteiger partial charge in [-0.05, 0) is 0 Å². The second-order valence-electron chi connectivity index (χ2n) is 4.99. The van der Waals surface area contributed by atoms with E-state index >= 15 is 0 Å². The van der Waals surface area contributed by atoms with Crippen LogP contribution in [0, 0.1) is 0 Å². The summed E-state index contributed by atoms with van der Waals surface area (Å²) in [6, 6.07) is 10.6. The second-order valence-corrected chi connectivity index (χ2v) is 4.99. The standard InChI is InChI=1S/C14H24NO2/c1-15(2,9-6-11-17-12-10-16)13-14-7-4-3-5-8-14/h3-5,7-8,16H,6,9-13H2,1-2H3/q+1. The van der Waals surface area contributed by atoms with Crippen molar-refractivity contribution in [2.24, 2.45) is 0 Å². The lowest BCUT2D eigenvalue weighted by Gasteiger charge is -2.29. The largest absolute Gasteiger partial charge is 0.394 e. The highest BCUT2D eigenvalue weighted by molar-refractivity contribution is 5.13. The van der Waals surface area contributed by atoms with Gasteiger partial charge in [0.05, 0.1) is 40.5 Å². The maximum atomic E-state index is 8.59. The Morgan fingerprint density at radius 3 is 2.47 bits per heavy atom. The van der Waals surface area contributed by atoms with Crippen LogP contribution < -0.4 is 0 Å². The van der Waals surface area contributed by atoms with Crippen LogP contribution in [0.4, 0.5) is 0 Å². The number of rotatable bonds is 8. The normalized spacial score (nSPS) is 11.7. The molecule has 0 atom stereocenters. The summed E-state index contributed by atoms with van der Waals surface area (Å²) in [5.74, 6) is 0. The van der Waals surface area contributed by atoms with Gasteiger partial charge in [-0.3, -0.25) is 0 Å².